The number of ether oxygens (including phenoxy) is 1. The summed E-state index contributed by atoms with van der Waals surface area (Å²) >= 11 is 1.63. The highest BCUT2D eigenvalue weighted by molar-refractivity contribution is 7.13. The lowest BCUT2D eigenvalue weighted by molar-refractivity contribution is -0.140. The molecule has 1 aromatic carbocycles. The first-order valence-corrected chi connectivity index (χ1v) is 9.07. The first kappa shape index (κ1) is 14.8. The Bertz CT molecular complexity index is 681. The summed E-state index contributed by atoms with van der Waals surface area (Å²) in [5, 5.41) is 3.07. The van der Waals surface area contributed by atoms with E-state index in [1.807, 2.05) is 23.1 Å². The van der Waals surface area contributed by atoms with Crippen LogP contribution in [0.15, 0.2) is 35.7 Å². The van der Waals surface area contributed by atoms with Crippen LogP contribution in [-0.2, 0) is 9.53 Å². The van der Waals surface area contributed by atoms with Crippen molar-refractivity contribution in [2.45, 2.75) is 25.3 Å². The predicted octanol–water partition coefficient (Wildman–Crippen LogP) is 3.51. The summed E-state index contributed by atoms with van der Waals surface area (Å²) in [5.74, 6) is 0.872. The largest absolute Gasteiger partial charge is 0.377 e. The van der Waals surface area contributed by atoms with Crippen LogP contribution in [-0.4, -0.2) is 35.5 Å². The average Bonchev–Trinajstić information content (AvgIpc) is 3.27. The van der Waals surface area contributed by atoms with E-state index in [4.69, 9.17) is 9.72 Å². The minimum Gasteiger partial charge on any atom is -0.377 e. The summed E-state index contributed by atoms with van der Waals surface area (Å²) in [6.45, 7) is 1.85. The molecule has 1 aliphatic heterocycles. The summed E-state index contributed by atoms with van der Waals surface area (Å²) < 4.78 is 5.62. The normalized spacial score (nSPS) is 21.4. The molecule has 2 fully saturated rings. The van der Waals surface area contributed by atoms with Gasteiger partial charge < -0.3 is 9.64 Å². The first-order chi connectivity index (χ1) is 11.3. The summed E-state index contributed by atoms with van der Waals surface area (Å²) in [5.41, 5.74) is 2.08. The number of carbonyl (C=O) groups excluding carboxylic acids is 1. The van der Waals surface area contributed by atoms with Gasteiger partial charge in [0.1, 0.15) is 5.01 Å². The second kappa shape index (κ2) is 6.42. The average molecular weight is 328 g/mol. The number of morpholine rings is 1. The maximum Gasteiger partial charge on any atom is 0.223 e. The number of nitrogens with zero attached hydrogens (tertiary/aromatic N) is 2. The highest BCUT2D eigenvalue weighted by Gasteiger charge is 2.33. The van der Waals surface area contributed by atoms with Gasteiger partial charge in [0, 0.05) is 23.9 Å². The number of amides is 1. The summed E-state index contributed by atoms with van der Waals surface area (Å²) in [4.78, 5) is 19.3. The van der Waals surface area contributed by atoms with Crippen molar-refractivity contribution in [3.8, 4) is 10.6 Å². The van der Waals surface area contributed by atoms with Gasteiger partial charge in [0.2, 0.25) is 5.91 Å². The molecular weight excluding hydrogens is 308 g/mol. The molecule has 1 atom stereocenters. The Morgan fingerprint density at radius 3 is 2.91 bits per heavy atom. The van der Waals surface area contributed by atoms with Crippen molar-refractivity contribution in [2.75, 3.05) is 19.8 Å². The molecular formula is C18H20N2O2S. The van der Waals surface area contributed by atoms with E-state index >= 15 is 0 Å². The zero-order chi connectivity index (χ0) is 15.6. The molecule has 4 nitrogen and oxygen atoms in total. The minimum absolute atomic E-state index is 0.0382. The van der Waals surface area contributed by atoms with Crippen LogP contribution in [0.1, 0.15) is 31.0 Å². The van der Waals surface area contributed by atoms with Crippen LogP contribution in [0, 0.1) is 5.92 Å². The first-order valence-electron chi connectivity index (χ1n) is 8.19. The molecule has 0 spiro atoms. The Morgan fingerprint density at radius 2 is 2.13 bits per heavy atom. The number of carbonyl (C=O) groups is 1. The molecule has 1 saturated carbocycles. The van der Waals surface area contributed by atoms with Crippen LogP contribution in [0.3, 0.4) is 0 Å². The van der Waals surface area contributed by atoms with E-state index in [2.05, 4.69) is 17.5 Å². The number of hydrogen-bond acceptors (Lipinski definition) is 4. The van der Waals surface area contributed by atoms with Crippen molar-refractivity contribution in [2.24, 2.45) is 5.92 Å². The van der Waals surface area contributed by atoms with Crippen molar-refractivity contribution in [3.63, 3.8) is 0 Å². The number of aromatic nitrogens is 1. The molecule has 1 aromatic heterocycles. The van der Waals surface area contributed by atoms with Gasteiger partial charge in [0.05, 0.1) is 24.9 Å². The summed E-state index contributed by atoms with van der Waals surface area (Å²) in [7, 11) is 0. The van der Waals surface area contributed by atoms with Gasteiger partial charge in [-0.15, -0.1) is 11.3 Å². The predicted molar refractivity (Wildman–Crippen MR) is 90.2 cm³/mol. The van der Waals surface area contributed by atoms with Crippen molar-refractivity contribution in [1.82, 2.24) is 9.88 Å². The Labute approximate surface area is 140 Å². The highest BCUT2D eigenvalue weighted by atomic mass is 32.1. The molecule has 1 aliphatic carbocycles. The maximum absolute atomic E-state index is 12.6. The van der Waals surface area contributed by atoms with E-state index in [1.54, 1.807) is 11.3 Å². The number of hydrogen-bond donors (Lipinski definition) is 0. The van der Waals surface area contributed by atoms with Crippen molar-refractivity contribution in [1.29, 1.82) is 0 Å². The Kier molecular flexibility index (Phi) is 4.14. The lowest BCUT2D eigenvalue weighted by Gasteiger charge is -2.34. The van der Waals surface area contributed by atoms with Gasteiger partial charge >= 0.3 is 0 Å². The monoisotopic (exact) mass is 328 g/mol. The number of thiazole rings is 1. The third kappa shape index (κ3) is 3.31. The second-order valence-corrected chi connectivity index (χ2v) is 7.13. The Morgan fingerprint density at radius 1 is 1.30 bits per heavy atom. The van der Waals surface area contributed by atoms with Crippen LogP contribution in [0.2, 0.25) is 0 Å². The summed E-state index contributed by atoms with van der Waals surface area (Å²) in [6.07, 6.45) is 3.09. The van der Waals surface area contributed by atoms with E-state index in [9.17, 15) is 4.79 Å². The molecule has 2 aliphatic rings. The zero-order valence-electron chi connectivity index (χ0n) is 13.0. The highest BCUT2D eigenvalue weighted by Crippen LogP contribution is 2.35. The van der Waals surface area contributed by atoms with Gasteiger partial charge in [0.15, 0.2) is 0 Å². The SMILES string of the molecule is O=C(CC1CC1)N1CCOC[C@H]1c1csc(-c2ccccc2)n1. The van der Waals surface area contributed by atoms with E-state index in [-0.39, 0.29) is 11.9 Å². The molecule has 23 heavy (non-hydrogen) atoms. The fourth-order valence-electron chi connectivity index (χ4n) is 2.99. The minimum atomic E-state index is -0.0382. The molecule has 120 valence electrons. The van der Waals surface area contributed by atoms with Crippen LogP contribution in [0.5, 0.6) is 0 Å². The third-order valence-electron chi connectivity index (χ3n) is 4.49. The van der Waals surface area contributed by atoms with Crippen molar-refractivity contribution in [3.05, 3.63) is 41.4 Å². The maximum atomic E-state index is 12.6. The fourth-order valence-corrected chi connectivity index (χ4v) is 3.86. The van der Waals surface area contributed by atoms with Crippen molar-refractivity contribution >= 4 is 17.2 Å². The van der Waals surface area contributed by atoms with Gasteiger partial charge in [0.25, 0.3) is 0 Å². The molecule has 4 rings (SSSR count). The Balaban J connectivity index is 1.55. The molecule has 0 bridgehead atoms. The van der Waals surface area contributed by atoms with Gasteiger partial charge in [-0.1, -0.05) is 30.3 Å². The molecule has 0 unspecified atom stereocenters. The van der Waals surface area contributed by atoms with E-state index in [0.717, 1.165) is 16.3 Å². The molecule has 2 aromatic rings. The number of rotatable bonds is 4. The van der Waals surface area contributed by atoms with Crippen LogP contribution >= 0.6 is 11.3 Å². The van der Waals surface area contributed by atoms with Gasteiger partial charge in [-0.25, -0.2) is 4.98 Å². The third-order valence-corrected chi connectivity index (χ3v) is 5.40. The van der Waals surface area contributed by atoms with E-state index in [0.29, 0.717) is 32.1 Å². The molecule has 1 amide bonds. The molecule has 0 radical (unpaired) electrons. The molecule has 1 saturated heterocycles. The van der Waals surface area contributed by atoms with Crippen LogP contribution in [0.25, 0.3) is 10.6 Å². The fraction of sp³-hybridized carbons (Fsp3) is 0.444. The van der Waals surface area contributed by atoms with Gasteiger partial charge in [-0.2, -0.15) is 0 Å². The van der Waals surface area contributed by atoms with Gasteiger partial charge in [-0.05, 0) is 18.8 Å². The van der Waals surface area contributed by atoms with Crippen LogP contribution < -0.4 is 0 Å². The smallest absolute Gasteiger partial charge is 0.223 e. The molecule has 5 heteroatoms. The van der Waals surface area contributed by atoms with Crippen LogP contribution in [0.4, 0.5) is 0 Å². The standard InChI is InChI=1S/C18H20N2O2S/c21-17(10-13-6-7-13)20-8-9-22-11-16(20)15-12-23-18(19-15)14-4-2-1-3-5-14/h1-5,12-13,16H,6-11H2/t16-/m0/s1. The van der Waals surface area contributed by atoms with Gasteiger partial charge in [-0.3, -0.25) is 4.79 Å². The van der Waals surface area contributed by atoms with E-state index in [1.165, 1.54) is 12.8 Å². The lowest BCUT2D eigenvalue weighted by atomic mass is 10.1. The zero-order valence-corrected chi connectivity index (χ0v) is 13.8. The Hall–Kier alpha value is -1.72. The van der Waals surface area contributed by atoms with E-state index < -0.39 is 0 Å². The van der Waals surface area contributed by atoms with Crippen molar-refractivity contribution < 1.29 is 9.53 Å². The second-order valence-electron chi connectivity index (χ2n) is 6.27. The number of benzene rings is 1. The topological polar surface area (TPSA) is 42.4 Å². The molecule has 0 N–H and O–H groups in total. The molecule has 2 heterocycles. The summed E-state index contributed by atoms with van der Waals surface area (Å²) in [6, 6.07) is 10.1. The lowest BCUT2D eigenvalue weighted by Crippen LogP contribution is -2.43. The quantitative estimate of drug-likeness (QED) is 0.862.